The molecule has 132 valence electrons. The number of furan rings is 1. The van der Waals surface area contributed by atoms with Gasteiger partial charge in [0.1, 0.15) is 5.76 Å². The summed E-state index contributed by atoms with van der Waals surface area (Å²) < 4.78 is 11.1. The lowest BCUT2D eigenvalue weighted by Crippen LogP contribution is -2.40. The number of ether oxygens (including phenoxy) is 1. The molecule has 1 atom stereocenters. The smallest absolute Gasteiger partial charge is 0.191 e. The van der Waals surface area contributed by atoms with Crippen molar-refractivity contribution in [2.75, 3.05) is 26.2 Å². The second kappa shape index (κ2) is 12.0. The largest absolute Gasteiger partial charge is 0.469 e. The first kappa shape index (κ1) is 19.6. The van der Waals surface area contributed by atoms with E-state index in [1.807, 2.05) is 19.1 Å². The van der Waals surface area contributed by atoms with Gasteiger partial charge in [-0.1, -0.05) is 20.8 Å². The van der Waals surface area contributed by atoms with Gasteiger partial charge in [-0.3, -0.25) is 4.99 Å². The highest BCUT2D eigenvalue weighted by Gasteiger charge is 2.13. The van der Waals surface area contributed by atoms with Crippen LogP contribution < -0.4 is 10.6 Å². The van der Waals surface area contributed by atoms with Gasteiger partial charge in [-0.2, -0.15) is 0 Å². The molecule has 0 bridgehead atoms. The maximum Gasteiger partial charge on any atom is 0.191 e. The summed E-state index contributed by atoms with van der Waals surface area (Å²) in [5.74, 6) is 2.39. The number of hydrogen-bond acceptors (Lipinski definition) is 3. The minimum atomic E-state index is 0.294. The molecule has 1 heterocycles. The van der Waals surface area contributed by atoms with Crippen molar-refractivity contribution in [1.82, 2.24) is 10.6 Å². The van der Waals surface area contributed by atoms with Crippen LogP contribution in [0.4, 0.5) is 0 Å². The third-order valence-corrected chi connectivity index (χ3v) is 3.58. The molecule has 1 unspecified atom stereocenters. The van der Waals surface area contributed by atoms with Crippen molar-refractivity contribution in [3.05, 3.63) is 24.2 Å². The highest BCUT2D eigenvalue weighted by Crippen LogP contribution is 2.09. The summed E-state index contributed by atoms with van der Waals surface area (Å²) in [6, 6.07) is 3.91. The zero-order chi connectivity index (χ0) is 16.9. The molecule has 1 aromatic rings. The Morgan fingerprint density at radius 2 is 2.04 bits per heavy atom. The monoisotopic (exact) mass is 323 g/mol. The van der Waals surface area contributed by atoms with Crippen molar-refractivity contribution >= 4 is 5.96 Å². The van der Waals surface area contributed by atoms with Crippen LogP contribution in [0.5, 0.6) is 0 Å². The third-order valence-electron chi connectivity index (χ3n) is 3.58. The lowest BCUT2D eigenvalue weighted by molar-refractivity contribution is 0.0258. The Kier molecular flexibility index (Phi) is 10.2. The van der Waals surface area contributed by atoms with E-state index < -0.39 is 0 Å². The van der Waals surface area contributed by atoms with Crippen LogP contribution in [-0.4, -0.2) is 38.3 Å². The van der Waals surface area contributed by atoms with Crippen LogP contribution in [0.15, 0.2) is 27.8 Å². The van der Waals surface area contributed by atoms with Gasteiger partial charge in [-0.05, 0) is 37.8 Å². The molecule has 0 saturated carbocycles. The van der Waals surface area contributed by atoms with Gasteiger partial charge in [-0.25, -0.2) is 0 Å². The highest BCUT2D eigenvalue weighted by atomic mass is 16.5. The van der Waals surface area contributed by atoms with Gasteiger partial charge in [-0.15, -0.1) is 0 Å². The average Bonchev–Trinajstić information content (AvgIpc) is 3.04. The fourth-order valence-corrected chi connectivity index (χ4v) is 2.31. The number of aliphatic imine (C=N–C) groups is 1. The van der Waals surface area contributed by atoms with E-state index in [1.165, 1.54) is 0 Å². The first-order valence-electron chi connectivity index (χ1n) is 8.83. The van der Waals surface area contributed by atoms with E-state index in [9.17, 15) is 0 Å². The van der Waals surface area contributed by atoms with E-state index in [0.717, 1.165) is 57.2 Å². The summed E-state index contributed by atoms with van der Waals surface area (Å²) in [7, 11) is 0. The Morgan fingerprint density at radius 1 is 1.26 bits per heavy atom. The van der Waals surface area contributed by atoms with Crippen molar-refractivity contribution in [2.45, 2.75) is 53.1 Å². The molecule has 0 fully saturated rings. The van der Waals surface area contributed by atoms with Crippen LogP contribution in [-0.2, 0) is 11.2 Å². The average molecular weight is 323 g/mol. The molecule has 0 aliphatic carbocycles. The van der Waals surface area contributed by atoms with E-state index in [0.29, 0.717) is 12.0 Å². The Morgan fingerprint density at radius 3 is 2.65 bits per heavy atom. The molecule has 0 aromatic carbocycles. The fraction of sp³-hybridized carbons (Fsp3) is 0.722. The van der Waals surface area contributed by atoms with Crippen LogP contribution >= 0.6 is 0 Å². The molecule has 0 aliphatic heterocycles. The summed E-state index contributed by atoms with van der Waals surface area (Å²) >= 11 is 0. The van der Waals surface area contributed by atoms with Crippen molar-refractivity contribution < 1.29 is 9.15 Å². The molecular weight excluding hydrogens is 290 g/mol. The van der Waals surface area contributed by atoms with Gasteiger partial charge in [0.2, 0.25) is 0 Å². The first-order valence-corrected chi connectivity index (χ1v) is 8.83. The molecule has 5 nitrogen and oxygen atoms in total. The van der Waals surface area contributed by atoms with Gasteiger partial charge in [0.15, 0.2) is 5.96 Å². The summed E-state index contributed by atoms with van der Waals surface area (Å²) in [5.41, 5.74) is 0. The molecule has 1 aromatic heterocycles. The molecule has 0 saturated heterocycles. The lowest BCUT2D eigenvalue weighted by Gasteiger charge is -2.21. The number of nitrogens with one attached hydrogen (secondary N) is 2. The number of guanidine groups is 1. The van der Waals surface area contributed by atoms with Crippen LogP contribution in [0, 0.1) is 5.92 Å². The maximum atomic E-state index is 5.78. The van der Waals surface area contributed by atoms with Gasteiger partial charge in [0.05, 0.1) is 12.4 Å². The predicted molar refractivity (Wildman–Crippen MR) is 95.9 cm³/mol. The Labute approximate surface area is 140 Å². The van der Waals surface area contributed by atoms with E-state index in [-0.39, 0.29) is 0 Å². The first-order chi connectivity index (χ1) is 11.2. The molecule has 0 aliphatic rings. The molecule has 23 heavy (non-hydrogen) atoms. The van der Waals surface area contributed by atoms with Crippen molar-refractivity contribution in [1.29, 1.82) is 0 Å². The maximum absolute atomic E-state index is 5.78. The van der Waals surface area contributed by atoms with Crippen LogP contribution in [0.1, 0.15) is 46.3 Å². The minimum Gasteiger partial charge on any atom is -0.469 e. The summed E-state index contributed by atoms with van der Waals surface area (Å²) in [4.78, 5) is 4.57. The van der Waals surface area contributed by atoms with E-state index >= 15 is 0 Å². The van der Waals surface area contributed by atoms with Crippen LogP contribution in [0.25, 0.3) is 0 Å². The summed E-state index contributed by atoms with van der Waals surface area (Å²) in [6.07, 6.45) is 4.88. The topological polar surface area (TPSA) is 58.8 Å². The Balaban J connectivity index is 2.35. The summed E-state index contributed by atoms with van der Waals surface area (Å²) in [5, 5.41) is 6.77. The molecule has 5 heteroatoms. The second-order valence-electron chi connectivity index (χ2n) is 5.94. The van der Waals surface area contributed by atoms with Gasteiger partial charge in [0, 0.05) is 32.7 Å². The standard InChI is InChI=1S/C18H33N3O2/c1-5-11-19-18(20-12-9-16-8-7-14-23-16)21-13-10-17(15(3)4)22-6-2/h7-8,14-15,17H,5-6,9-13H2,1-4H3,(H2,19,20,21). The van der Waals surface area contributed by atoms with Crippen molar-refractivity contribution in [3.8, 4) is 0 Å². The van der Waals surface area contributed by atoms with Crippen LogP contribution in [0.2, 0.25) is 0 Å². The molecule has 0 amide bonds. The molecule has 2 N–H and O–H groups in total. The van der Waals surface area contributed by atoms with Gasteiger partial charge >= 0.3 is 0 Å². The molecular formula is C18H33N3O2. The number of rotatable bonds is 11. The SMILES string of the molecule is CCCN=C(NCCc1ccco1)NCCC(OCC)C(C)C. The highest BCUT2D eigenvalue weighted by molar-refractivity contribution is 5.79. The molecule has 0 spiro atoms. The normalized spacial score (nSPS) is 13.3. The minimum absolute atomic E-state index is 0.294. The number of nitrogens with zero attached hydrogens (tertiary/aromatic N) is 1. The Hall–Kier alpha value is -1.49. The molecule has 0 radical (unpaired) electrons. The van der Waals surface area contributed by atoms with Crippen molar-refractivity contribution in [3.63, 3.8) is 0 Å². The van der Waals surface area contributed by atoms with E-state index in [1.54, 1.807) is 6.26 Å². The lowest BCUT2D eigenvalue weighted by atomic mass is 10.0. The van der Waals surface area contributed by atoms with Gasteiger partial charge < -0.3 is 19.8 Å². The van der Waals surface area contributed by atoms with Gasteiger partial charge in [0.25, 0.3) is 0 Å². The Bertz CT molecular complexity index is 416. The molecule has 1 rings (SSSR count). The predicted octanol–water partition coefficient (Wildman–Crippen LogP) is 3.22. The second-order valence-corrected chi connectivity index (χ2v) is 5.94. The zero-order valence-corrected chi connectivity index (χ0v) is 15.1. The fourth-order valence-electron chi connectivity index (χ4n) is 2.31. The van der Waals surface area contributed by atoms with Crippen molar-refractivity contribution in [2.24, 2.45) is 10.9 Å². The number of hydrogen-bond donors (Lipinski definition) is 2. The third kappa shape index (κ3) is 8.65. The quantitative estimate of drug-likeness (QED) is 0.485. The van der Waals surface area contributed by atoms with E-state index in [2.05, 4.69) is 36.4 Å². The zero-order valence-electron chi connectivity index (χ0n) is 15.1. The summed E-state index contributed by atoms with van der Waals surface area (Å²) in [6.45, 7) is 11.8. The van der Waals surface area contributed by atoms with Crippen LogP contribution in [0.3, 0.4) is 0 Å². The van der Waals surface area contributed by atoms with E-state index in [4.69, 9.17) is 9.15 Å².